The Morgan fingerprint density at radius 3 is 2.23 bits per heavy atom. The van der Waals surface area contributed by atoms with E-state index in [1.54, 1.807) is 0 Å². The van der Waals surface area contributed by atoms with Crippen LogP contribution in [-0.4, -0.2) is 21.7 Å². The van der Waals surface area contributed by atoms with Gasteiger partial charge in [0.05, 0.1) is 17.3 Å². The zero-order chi connectivity index (χ0) is 24.8. The molecule has 0 aliphatic rings. The quantitative estimate of drug-likeness (QED) is 0.179. The van der Waals surface area contributed by atoms with E-state index >= 15 is 0 Å². The van der Waals surface area contributed by atoms with Crippen LogP contribution in [0.15, 0.2) is 87.4 Å². The van der Waals surface area contributed by atoms with E-state index in [0.717, 1.165) is 28.9 Å². The number of nitrogens with zero attached hydrogens (tertiary/aromatic N) is 3. The van der Waals surface area contributed by atoms with Crippen molar-refractivity contribution in [2.45, 2.75) is 52.2 Å². The summed E-state index contributed by atoms with van der Waals surface area (Å²) in [6.07, 6.45) is 1.09. The molecule has 0 fully saturated rings. The summed E-state index contributed by atoms with van der Waals surface area (Å²) < 4.78 is 6.07. The van der Waals surface area contributed by atoms with Crippen molar-refractivity contribution < 1.29 is 4.42 Å². The first-order chi connectivity index (χ1) is 16.9. The summed E-state index contributed by atoms with van der Waals surface area (Å²) in [6, 6.07) is 25.3. The summed E-state index contributed by atoms with van der Waals surface area (Å²) >= 11 is 1.53. The van der Waals surface area contributed by atoms with Crippen molar-refractivity contribution in [1.82, 2.24) is 10.2 Å². The fraction of sp³-hybridized carbons (Fsp3) is 0.300. The lowest BCUT2D eigenvalue weighted by atomic mass is 9.97. The smallest absolute Gasteiger partial charge is 0.276 e. The van der Waals surface area contributed by atoms with E-state index in [2.05, 4.69) is 105 Å². The molecule has 1 heterocycles. The Bertz CT molecular complexity index is 1290. The maximum atomic E-state index is 6.07. The second kappa shape index (κ2) is 11.5. The van der Waals surface area contributed by atoms with Crippen LogP contribution < -0.4 is 0 Å². The second-order valence-electron chi connectivity index (χ2n) is 9.42. The molecule has 0 aliphatic carbocycles. The molecule has 4 nitrogen and oxygen atoms in total. The number of rotatable bonds is 9. The Kier molecular flexibility index (Phi) is 8.19. The highest BCUT2D eigenvalue weighted by Gasteiger charge is 2.18. The van der Waals surface area contributed by atoms with E-state index in [9.17, 15) is 0 Å². The highest BCUT2D eigenvalue weighted by atomic mass is 32.2. The first-order valence-corrected chi connectivity index (χ1v) is 13.1. The summed E-state index contributed by atoms with van der Waals surface area (Å²) in [5.74, 6) is 1.96. The van der Waals surface area contributed by atoms with Gasteiger partial charge in [-0.15, -0.1) is 10.2 Å². The summed E-state index contributed by atoms with van der Waals surface area (Å²) in [5.41, 5.74) is 7.99. The second-order valence-corrected chi connectivity index (χ2v) is 10.3. The Morgan fingerprint density at radius 2 is 1.54 bits per heavy atom. The van der Waals surface area contributed by atoms with Crippen molar-refractivity contribution >= 4 is 23.2 Å². The minimum atomic E-state index is 0.0430. The first kappa shape index (κ1) is 24.9. The molecule has 35 heavy (non-hydrogen) atoms. The minimum Gasteiger partial charge on any atom is -0.415 e. The van der Waals surface area contributed by atoms with Crippen LogP contribution in [0.4, 0.5) is 5.69 Å². The van der Waals surface area contributed by atoms with Crippen LogP contribution in [0.25, 0.3) is 0 Å². The van der Waals surface area contributed by atoms with Gasteiger partial charge in [-0.3, -0.25) is 4.99 Å². The van der Waals surface area contributed by atoms with Gasteiger partial charge in [0.15, 0.2) is 0 Å². The molecule has 1 aromatic heterocycles. The van der Waals surface area contributed by atoms with Crippen molar-refractivity contribution in [1.29, 1.82) is 0 Å². The van der Waals surface area contributed by atoms with Gasteiger partial charge in [-0.05, 0) is 67.0 Å². The summed E-state index contributed by atoms with van der Waals surface area (Å²) in [4.78, 5) is 5.03. The van der Waals surface area contributed by atoms with Gasteiger partial charge in [0.25, 0.3) is 5.22 Å². The fourth-order valence-corrected chi connectivity index (χ4v) is 4.76. The first-order valence-electron chi connectivity index (χ1n) is 12.1. The Morgan fingerprint density at radius 1 is 0.857 bits per heavy atom. The molecule has 180 valence electrons. The number of aliphatic imine (C=N–C) groups is 1. The highest BCUT2D eigenvalue weighted by Crippen LogP contribution is 2.28. The van der Waals surface area contributed by atoms with Gasteiger partial charge in [0.2, 0.25) is 5.89 Å². The minimum absolute atomic E-state index is 0.0430. The SMILES string of the molecule is Cc1ccccc1N=C(CSc1nnc(C(C)c2ccc(CC(C)C)cc2)o1)c1ccccc1C. The van der Waals surface area contributed by atoms with E-state index in [1.807, 2.05) is 12.1 Å². The van der Waals surface area contributed by atoms with Crippen LogP contribution >= 0.6 is 11.8 Å². The number of aryl methyl sites for hydroxylation is 2. The standard InChI is InChI=1S/C30H33N3OS/c1-20(2)18-24-14-16-25(17-15-24)23(5)29-32-33-30(34-29)35-19-28(26-12-8-6-10-21(26)3)31-27-13-9-7-11-22(27)4/h6-17,20,23H,18-19H2,1-5H3. The predicted octanol–water partition coefficient (Wildman–Crippen LogP) is 7.95. The molecule has 0 saturated carbocycles. The van der Waals surface area contributed by atoms with E-state index in [4.69, 9.17) is 9.41 Å². The fourth-order valence-electron chi connectivity index (χ4n) is 4.04. The molecule has 0 radical (unpaired) electrons. The summed E-state index contributed by atoms with van der Waals surface area (Å²) in [6.45, 7) is 10.8. The number of benzene rings is 3. The van der Waals surface area contributed by atoms with Gasteiger partial charge >= 0.3 is 0 Å². The van der Waals surface area contributed by atoms with Crippen LogP contribution in [0.2, 0.25) is 0 Å². The number of aromatic nitrogens is 2. The van der Waals surface area contributed by atoms with Gasteiger partial charge in [-0.25, -0.2) is 0 Å². The zero-order valence-electron chi connectivity index (χ0n) is 21.2. The van der Waals surface area contributed by atoms with E-state index in [-0.39, 0.29) is 5.92 Å². The topological polar surface area (TPSA) is 51.3 Å². The molecule has 4 rings (SSSR count). The number of thioether (sulfide) groups is 1. The summed E-state index contributed by atoms with van der Waals surface area (Å²) in [7, 11) is 0. The maximum Gasteiger partial charge on any atom is 0.276 e. The molecule has 3 aromatic carbocycles. The molecule has 0 aliphatic heterocycles. The number of hydrogen-bond donors (Lipinski definition) is 0. The Hall–Kier alpha value is -3.18. The molecule has 0 spiro atoms. The third-order valence-electron chi connectivity index (χ3n) is 6.08. The van der Waals surface area contributed by atoms with Crippen molar-refractivity contribution in [3.05, 3.63) is 107 Å². The van der Waals surface area contributed by atoms with E-state index < -0.39 is 0 Å². The van der Waals surface area contributed by atoms with Crippen molar-refractivity contribution in [3.63, 3.8) is 0 Å². The molecule has 0 saturated heterocycles. The number of para-hydroxylation sites is 1. The molecular weight excluding hydrogens is 450 g/mol. The molecule has 1 atom stereocenters. The third kappa shape index (κ3) is 6.49. The molecule has 0 amide bonds. The average Bonchev–Trinajstić information content (AvgIpc) is 3.32. The van der Waals surface area contributed by atoms with Crippen molar-refractivity contribution in [2.24, 2.45) is 10.9 Å². The van der Waals surface area contributed by atoms with Crippen molar-refractivity contribution in [2.75, 3.05) is 5.75 Å². The largest absolute Gasteiger partial charge is 0.415 e. The van der Waals surface area contributed by atoms with Crippen molar-refractivity contribution in [3.8, 4) is 0 Å². The molecule has 0 bridgehead atoms. The van der Waals surface area contributed by atoms with Crippen LogP contribution in [-0.2, 0) is 6.42 Å². The molecule has 5 heteroatoms. The third-order valence-corrected chi connectivity index (χ3v) is 6.91. The Balaban J connectivity index is 1.51. The Labute approximate surface area is 212 Å². The zero-order valence-corrected chi connectivity index (χ0v) is 22.0. The normalized spacial score (nSPS) is 12.8. The van der Waals surface area contributed by atoms with E-state index in [0.29, 0.717) is 22.8 Å². The van der Waals surface area contributed by atoms with Gasteiger partial charge < -0.3 is 4.42 Å². The van der Waals surface area contributed by atoms with Gasteiger partial charge in [0.1, 0.15) is 0 Å². The monoisotopic (exact) mass is 483 g/mol. The van der Waals surface area contributed by atoms with Crippen LogP contribution in [0, 0.1) is 19.8 Å². The number of hydrogen-bond acceptors (Lipinski definition) is 5. The average molecular weight is 484 g/mol. The molecule has 4 aromatic rings. The summed E-state index contributed by atoms with van der Waals surface area (Å²) in [5, 5.41) is 9.24. The molecule has 1 unspecified atom stereocenters. The van der Waals surface area contributed by atoms with Gasteiger partial charge in [-0.2, -0.15) is 0 Å². The lowest BCUT2D eigenvalue weighted by molar-refractivity contribution is 0.404. The van der Waals surface area contributed by atoms with Gasteiger partial charge in [-0.1, -0.05) is 92.3 Å². The maximum absolute atomic E-state index is 6.07. The van der Waals surface area contributed by atoms with E-state index in [1.165, 1.54) is 28.5 Å². The van der Waals surface area contributed by atoms with Crippen LogP contribution in [0.1, 0.15) is 60.4 Å². The van der Waals surface area contributed by atoms with Crippen LogP contribution in [0.3, 0.4) is 0 Å². The molecule has 0 N–H and O–H groups in total. The molecular formula is C30H33N3OS. The van der Waals surface area contributed by atoms with Gasteiger partial charge in [0, 0.05) is 5.75 Å². The predicted molar refractivity (Wildman–Crippen MR) is 146 cm³/mol. The lowest BCUT2D eigenvalue weighted by Gasteiger charge is -2.10. The lowest BCUT2D eigenvalue weighted by Crippen LogP contribution is -2.06. The highest BCUT2D eigenvalue weighted by molar-refractivity contribution is 7.99. The van der Waals surface area contributed by atoms with Crippen LogP contribution in [0.5, 0.6) is 0 Å².